The number of rotatable bonds is 3. The number of nitrogens with one attached hydrogen (secondary N) is 1. The third-order valence-corrected chi connectivity index (χ3v) is 4.06. The van der Waals surface area contributed by atoms with Crippen LogP contribution >= 0.6 is 22.9 Å². The summed E-state index contributed by atoms with van der Waals surface area (Å²) in [5.74, 6) is 0.399. The number of ether oxygens (including phenoxy) is 1. The zero-order valence-electron chi connectivity index (χ0n) is 8.87. The quantitative estimate of drug-likeness (QED) is 0.846. The molecule has 1 aromatic heterocycles. The minimum atomic E-state index is -0.293. The highest BCUT2D eigenvalue weighted by Crippen LogP contribution is 2.23. The number of alkyl halides is 1. The summed E-state index contributed by atoms with van der Waals surface area (Å²) in [5.41, 5.74) is 0.416. The second kappa shape index (κ2) is 5.17. The highest BCUT2D eigenvalue weighted by atomic mass is 35.5. The Labute approximate surface area is 104 Å². The Kier molecular flexibility index (Phi) is 3.84. The highest BCUT2D eigenvalue weighted by molar-refractivity contribution is 7.08. The maximum atomic E-state index is 11.9. The normalized spacial score (nSPS) is 19.3. The summed E-state index contributed by atoms with van der Waals surface area (Å²) in [5, 5.41) is 6.78. The van der Waals surface area contributed by atoms with E-state index in [0.29, 0.717) is 24.7 Å². The van der Waals surface area contributed by atoms with Crippen molar-refractivity contribution in [2.45, 2.75) is 18.4 Å². The average molecular weight is 260 g/mol. The highest BCUT2D eigenvalue weighted by Gasteiger charge is 2.33. The van der Waals surface area contributed by atoms with Crippen LogP contribution in [0.3, 0.4) is 0 Å². The summed E-state index contributed by atoms with van der Waals surface area (Å²) in [4.78, 5) is 11.9. The summed E-state index contributed by atoms with van der Waals surface area (Å²) in [6, 6.07) is 1.82. The molecule has 0 unspecified atom stereocenters. The summed E-state index contributed by atoms with van der Waals surface area (Å²) in [6.07, 6.45) is 1.57. The number of carbonyl (C=O) groups excluding carboxylic acids is 1. The van der Waals surface area contributed by atoms with Gasteiger partial charge in [0, 0.05) is 24.5 Å². The molecule has 1 saturated heterocycles. The van der Waals surface area contributed by atoms with E-state index in [9.17, 15) is 4.79 Å². The summed E-state index contributed by atoms with van der Waals surface area (Å²) >= 11 is 7.49. The molecule has 2 rings (SSSR count). The van der Waals surface area contributed by atoms with E-state index in [1.165, 1.54) is 11.3 Å². The molecule has 0 aromatic carbocycles. The molecule has 1 N–H and O–H groups in total. The largest absolute Gasteiger partial charge is 0.381 e. The van der Waals surface area contributed by atoms with Crippen LogP contribution in [0.25, 0.3) is 0 Å². The van der Waals surface area contributed by atoms with Gasteiger partial charge in [0.25, 0.3) is 5.91 Å². The van der Waals surface area contributed by atoms with Crippen molar-refractivity contribution < 1.29 is 9.53 Å². The number of hydrogen-bond donors (Lipinski definition) is 1. The van der Waals surface area contributed by atoms with Gasteiger partial charge in [-0.2, -0.15) is 11.3 Å². The number of thiophene rings is 1. The van der Waals surface area contributed by atoms with Crippen molar-refractivity contribution in [2.75, 3.05) is 19.1 Å². The van der Waals surface area contributed by atoms with Crippen LogP contribution in [0, 0.1) is 0 Å². The van der Waals surface area contributed by atoms with Crippen LogP contribution in [0.5, 0.6) is 0 Å². The Morgan fingerprint density at radius 1 is 1.56 bits per heavy atom. The molecule has 3 nitrogen and oxygen atoms in total. The Balaban J connectivity index is 2.03. The molecule has 0 saturated carbocycles. The topological polar surface area (TPSA) is 38.3 Å². The second-order valence-corrected chi connectivity index (χ2v) is 5.04. The fourth-order valence-corrected chi connectivity index (χ4v) is 2.73. The number of halogens is 1. The standard InChI is InChI=1S/C11H14ClNO2S/c12-8-11(2-4-15-5-3-11)13-10(14)9-1-6-16-7-9/h1,6-7H,2-5,8H2,(H,13,14). The van der Waals surface area contributed by atoms with Crippen molar-refractivity contribution in [2.24, 2.45) is 0 Å². The SMILES string of the molecule is O=C(NC1(CCl)CCOCC1)c1ccsc1. The number of carbonyl (C=O) groups is 1. The van der Waals surface area contributed by atoms with E-state index in [1.54, 1.807) is 0 Å². The van der Waals surface area contributed by atoms with Gasteiger partial charge >= 0.3 is 0 Å². The van der Waals surface area contributed by atoms with E-state index >= 15 is 0 Å². The van der Waals surface area contributed by atoms with Crippen molar-refractivity contribution in [3.05, 3.63) is 22.4 Å². The molecule has 5 heteroatoms. The van der Waals surface area contributed by atoms with Gasteiger partial charge in [-0.15, -0.1) is 11.6 Å². The van der Waals surface area contributed by atoms with E-state index in [0.717, 1.165) is 12.8 Å². The number of hydrogen-bond acceptors (Lipinski definition) is 3. The smallest absolute Gasteiger partial charge is 0.252 e. The van der Waals surface area contributed by atoms with E-state index in [2.05, 4.69) is 5.32 Å². The third kappa shape index (κ3) is 2.56. The van der Waals surface area contributed by atoms with Crippen molar-refractivity contribution >= 4 is 28.8 Å². The van der Waals surface area contributed by atoms with Crippen LogP contribution in [0.1, 0.15) is 23.2 Å². The first-order valence-electron chi connectivity index (χ1n) is 5.24. The van der Waals surface area contributed by atoms with E-state index in [1.807, 2.05) is 16.8 Å². The lowest BCUT2D eigenvalue weighted by Crippen LogP contribution is -2.53. The Bertz CT molecular complexity index is 347. The molecule has 1 aromatic rings. The monoisotopic (exact) mass is 259 g/mol. The maximum Gasteiger partial charge on any atom is 0.252 e. The minimum absolute atomic E-state index is 0.0381. The van der Waals surface area contributed by atoms with E-state index < -0.39 is 0 Å². The molecule has 0 bridgehead atoms. The maximum absolute atomic E-state index is 11.9. The molecule has 0 atom stereocenters. The first-order chi connectivity index (χ1) is 7.76. The molecule has 88 valence electrons. The molecular formula is C11H14ClNO2S. The molecule has 16 heavy (non-hydrogen) atoms. The van der Waals surface area contributed by atoms with Crippen LogP contribution in [-0.4, -0.2) is 30.5 Å². The van der Waals surface area contributed by atoms with Gasteiger partial charge in [-0.25, -0.2) is 0 Å². The van der Waals surface area contributed by atoms with Gasteiger partial charge in [0.2, 0.25) is 0 Å². The zero-order valence-corrected chi connectivity index (χ0v) is 10.4. The summed E-state index contributed by atoms with van der Waals surface area (Å²) < 4.78 is 5.29. The fraction of sp³-hybridized carbons (Fsp3) is 0.545. The van der Waals surface area contributed by atoms with E-state index in [4.69, 9.17) is 16.3 Å². The minimum Gasteiger partial charge on any atom is -0.381 e. The lowest BCUT2D eigenvalue weighted by atomic mass is 9.92. The van der Waals surface area contributed by atoms with Crippen molar-refractivity contribution in [3.8, 4) is 0 Å². The van der Waals surface area contributed by atoms with Gasteiger partial charge < -0.3 is 10.1 Å². The van der Waals surface area contributed by atoms with Crippen LogP contribution < -0.4 is 5.32 Å². The van der Waals surface area contributed by atoms with Gasteiger partial charge in [-0.1, -0.05) is 0 Å². The molecule has 0 spiro atoms. The molecular weight excluding hydrogens is 246 g/mol. The number of amides is 1. The average Bonchev–Trinajstić information content (AvgIpc) is 2.84. The van der Waals surface area contributed by atoms with Crippen molar-refractivity contribution in [1.29, 1.82) is 0 Å². The van der Waals surface area contributed by atoms with Crippen LogP contribution in [0.15, 0.2) is 16.8 Å². The van der Waals surface area contributed by atoms with Crippen LogP contribution in [0.4, 0.5) is 0 Å². The van der Waals surface area contributed by atoms with Gasteiger partial charge in [0.15, 0.2) is 0 Å². The molecule has 1 amide bonds. The zero-order chi connectivity index (χ0) is 11.4. The Morgan fingerprint density at radius 2 is 2.31 bits per heavy atom. The van der Waals surface area contributed by atoms with Gasteiger partial charge in [-0.05, 0) is 24.3 Å². The summed E-state index contributed by atoms with van der Waals surface area (Å²) in [6.45, 7) is 1.33. The van der Waals surface area contributed by atoms with Crippen LogP contribution in [-0.2, 0) is 4.74 Å². The molecule has 1 aliphatic rings. The van der Waals surface area contributed by atoms with Gasteiger partial charge in [-0.3, -0.25) is 4.79 Å². The van der Waals surface area contributed by atoms with Crippen molar-refractivity contribution in [1.82, 2.24) is 5.32 Å². The molecule has 1 fully saturated rings. The lowest BCUT2D eigenvalue weighted by Gasteiger charge is -2.36. The van der Waals surface area contributed by atoms with E-state index in [-0.39, 0.29) is 11.4 Å². The lowest BCUT2D eigenvalue weighted by molar-refractivity contribution is 0.0434. The Hall–Kier alpha value is -0.580. The predicted molar refractivity (Wildman–Crippen MR) is 65.3 cm³/mol. The molecule has 0 radical (unpaired) electrons. The first-order valence-corrected chi connectivity index (χ1v) is 6.72. The third-order valence-electron chi connectivity index (χ3n) is 2.87. The van der Waals surface area contributed by atoms with Crippen LogP contribution in [0.2, 0.25) is 0 Å². The summed E-state index contributed by atoms with van der Waals surface area (Å²) in [7, 11) is 0. The predicted octanol–water partition coefficient (Wildman–Crippen LogP) is 2.27. The second-order valence-electron chi connectivity index (χ2n) is 3.99. The molecule has 0 aliphatic carbocycles. The fourth-order valence-electron chi connectivity index (χ4n) is 1.76. The Morgan fingerprint density at radius 3 is 2.88 bits per heavy atom. The molecule has 2 heterocycles. The van der Waals surface area contributed by atoms with Crippen molar-refractivity contribution in [3.63, 3.8) is 0 Å². The molecule has 1 aliphatic heterocycles. The van der Waals surface area contributed by atoms with Gasteiger partial charge in [0.05, 0.1) is 11.1 Å². The van der Waals surface area contributed by atoms with Gasteiger partial charge in [0.1, 0.15) is 0 Å². The first kappa shape index (κ1) is 11.9.